The molecule has 1 saturated carbocycles. The van der Waals surface area contributed by atoms with Crippen LogP contribution in [0.15, 0.2) is 65.2 Å². The fraction of sp³-hybridized carbons (Fsp3) is 0.250. The van der Waals surface area contributed by atoms with E-state index in [4.69, 9.17) is 14.7 Å². The van der Waals surface area contributed by atoms with E-state index in [0.29, 0.717) is 17.2 Å². The molecule has 186 valence electrons. The smallest absolute Gasteiger partial charge is 0.333 e. The molecule has 0 amide bonds. The highest BCUT2D eigenvalue weighted by Crippen LogP contribution is 2.36. The molecule has 1 fully saturated rings. The van der Waals surface area contributed by atoms with Crippen molar-refractivity contribution in [1.29, 1.82) is 0 Å². The molecular formula is C24H23N5O6S. The number of anilines is 1. The van der Waals surface area contributed by atoms with Crippen LogP contribution in [0, 0.1) is 5.92 Å². The highest BCUT2D eigenvalue weighted by molar-refractivity contribution is 7.84. The summed E-state index contributed by atoms with van der Waals surface area (Å²) in [4.78, 5) is 4.41. The van der Waals surface area contributed by atoms with Gasteiger partial charge in [0.05, 0.1) is 24.4 Å². The average molecular weight is 510 g/mol. The van der Waals surface area contributed by atoms with Crippen molar-refractivity contribution in [3.63, 3.8) is 0 Å². The second-order valence-corrected chi connectivity index (χ2v) is 10.1. The summed E-state index contributed by atoms with van der Waals surface area (Å²) in [5, 5.41) is 35.8. The van der Waals surface area contributed by atoms with Gasteiger partial charge in [-0.1, -0.05) is 30.3 Å². The molecule has 0 bridgehead atoms. The summed E-state index contributed by atoms with van der Waals surface area (Å²) >= 11 is 0. The normalized spacial score (nSPS) is 22.6. The van der Waals surface area contributed by atoms with Gasteiger partial charge in [0.25, 0.3) is 0 Å². The minimum Gasteiger partial charge on any atom is -0.455 e. The van der Waals surface area contributed by atoms with Crippen LogP contribution in [0.3, 0.4) is 0 Å². The maximum atomic E-state index is 11.1. The second kappa shape index (κ2) is 8.54. The first-order valence-electron chi connectivity index (χ1n) is 11.3. The molecule has 6 rings (SSSR count). The lowest BCUT2D eigenvalue weighted by Gasteiger charge is -2.19. The molecule has 5 N–H and O–H groups in total. The number of nitrogens with two attached hydrogens (primary N) is 1. The Bertz CT molecular complexity index is 1700. The Morgan fingerprint density at radius 1 is 1.11 bits per heavy atom. The molecule has 2 aromatic carbocycles. The fourth-order valence-electron chi connectivity index (χ4n) is 4.89. The number of fused-ring (bicyclic) bond motifs is 4. The molecule has 1 aliphatic rings. The number of para-hydroxylation sites is 2. The number of benzene rings is 2. The summed E-state index contributed by atoms with van der Waals surface area (Å²) in [5.74, 6) is -0.0701. The van der Waals surface area contributed by atoms with Crippen molar-refractivity contribution in [2.45, 2.75) is 24.7 Å². The predicted octanol–water partition coefficient (Wildman–Crippen LogP) is 2.04. The van der Waals surface area contributed by atoms with Gasteiger partial charge in [0.2, 0.25) is 0 Å². The van der Waals surface area contributed by atoms with Gasteiger partial charge in [-0.2, -0.15) is 18.0 Å². The summed E-state index contributed by atoms with van der Waals surface area (Å²) in [6.45, 7) is -0.325. The van der Waals surface area contributed by atoms with Gasteiger partial charge in [0.15, 0.2) is 5.65 Å². The molecule has 0 saturated heterocycles. The van der Waals surface area contributed by atoms with Gasteiger partial charge in [-0.25, -0.2) is 10.1 Å². The lowest BCUT2D eigenvalue weighted by molar-refractivity contribution is 0.00777. The average Bonchev–Trinajstić information content (AvgIpc) is 3.53. The zero-order valence-corrected chi connectivity index (χ0v) is 19.7. The Balaban J connectivity index is 1.33. The molecule has 3 aromatic heterocycles. The van der Waals surface area contributed by atoms with E-state index in [0.717, 1.165) is 27.5 Å². The number of nitrogens with zero attached hydrogens (tertiary/aromatic N) is 3. The Kier molecular flexibility index (Phi) is 5.43. The third kappa shape index (κ3) is 3.98. The highest BCUT2D eigenvalue weighted by Gasteiger charge is 2.42. The van der Waals surface area contributed by atoms with Crippen LogP contribution in [0.4, 0.5) is 5.82 Å². The Labute approximate surface area is 205 Å². The van der Waals surface area contributed by atoms with E-state index in [2.05, 4.69) is 14.5 Å². The van der Waals surface area contributed by atoms with Crippen LogP contribution >= 0.6 is 0 Å². The molecule has 36 heavy (non-hydrogen) atoms. The van der Waals surface area contributed by atoms with Crippen LogP contribution in [0.1, 0.15) is 6.42 Å². The number of furan rings is 1. The third-order valence-electron chi connectivity index (χ3n) is 6.62. The number of aromatic nitrogens is 3. The van der Waals surface area contributed by atoms with Crippen molar-refractivity contribution in [3.05, 3.63) is 60.8 Å². The first-order chi connectivity index (χ1) is 17.3. The van der Waals surface area contributed by atoms with Crippen LogP contribution in [-0.4, -0.2) is 58.1 Å². The van der Waals surface area contributed by atoms with Gasteiger partial charge in [-0.3, -0.25) is 4.18 Å². The quantitative estimate of drug-likeness (QED) is 0.268. The first-order valence-corrected chi connectivity index (χ1v) is 12.8. The van der Waals surface area contributed by atoms with Gasteiger partial charge in [0.1, 0.15) is 23.1 Å². The lowest BCUT2D eigenvalue weighted by Crippen LogP contribution is -2.36. The minimum atomic E-state index is -4.15. The zero-order chi connectivity index (χ0) is 25.0. The molecule has 3 heterocycles. The predicted molar refractivity (Wildman–Crippen MR) is 132 cm³/mol. The second-order valence-electron chi connectivity index (χ2n) is 8.92. The molecule has 0 radical (unpaired) electrons. The number of hydrogen-bond donors (Lipinski definition) is 4. The number of hydrogen-bond acceptors (Lipinski definition) is 9. The van der Waals surface area contributed by atoms with Crippen molar-refractivity contribution >= 4 is 43.7 Å². The molecule has 4 atom stereocenters. The Hall–Kier alpha value is -3.55. The Morgan fingerprint density at radius 2 is 1.92 bits per heavy atom. The van der Waals surface area contributed by atoms with E-state index in [1.807, 2.05) is 48.5 Å². The van der Waals surface area contributed by atoms with Gasteiger partial charge in [0, 0.05) is 34.5 Å². The van der Waals surface area contributed by atoms with Crippen molar-refractivity contribution in [2.24, 2.45) is 11.1 Å². The standard InChI is InChI=1S/C24H23N5O6S/c25-36(32,33)34-12-13-10-18(23(31)22(13)30)27-20-8-9-26-21-11-17(28-29(20)21)16-6-3-5-15-14-4-1-2-7-19(14)35-24(15)16/h1-9,11,13,18,22-23,27,30-31H,10,12H2,(H2,25,32,33)/t13-,18-,22-,23?/m1/s1. The SMILES string of the molecule is NS(=O)(=O)OC[C@H]1C[C@@H](Nc2ccnc3cc(-c4cccc5c4oc4ccccc45)nn23)C(O)[C@@H]1O. The Morgan fingerprint density at radius 3 is 2.75 bits per heavy atom. The van der Waals surface area contributed by atoms with E-state index in [-0.39, 0.29) is 13.0 Å². The molecular weight excluding hydrogens is 486 g/mol. The molecule has 12 heteroatoms. The first kappa shape index (κ1) is 22.9. The van der Waals surface area contributed by atoms with E-state index >= 15 is 0 Å². The topological polar surface area (TPSA) is 165 Å². The maximum Gasteiger partial charge on any atom is 0.333 e. The summed E-state index contributed by atoms with van der Waals surface area (Å²) in [6, 6.07) is 16.7. The third-order valence-corrected chi connectivity index (χ3v) is 7.08. The highest BCUT2D eigenvalue weighted by atomic mass is 32.2. The van der Waals surface area contributed by atoms with Gasteiger partial charge in [-0.15, -0.1) is 0 Å². The summed E-state index contributed by atoms with van der Waals surface area (Å²) in [5.41, 5.74) is 3.57. The van der Waals surface area contributed by atoms with Gasteiger partial charge >= 0.3 is 10.3 Å². The van der Waals surface area contributed by atoms with Crippen LogP contribution in [0.25, 0.3) is 38.8 Å². The number of aliphatic hydroxyl groups is 2. The summed E-state index contributed by atoms with van der Waals surface area (Å²) in [6.07, 6.45) is -0.458. The molecule has 1 unspecified atom stereocenters. The lowest BCUT2D eigenvalue weighted by atomic mass is 10.1. The van der Waals surface area contributed by atoms with Crippen LogP contribution in [0.5, 0.6) is 0 Å². The largest absolute Gasteiger partial charge is 0.455 e. The number of aliphatic hydroxyl groups excluding tert-OH is 2. The molecule has 0 aliphatic heterocycles. The van der Waals surface area contributed by atoms with E-state index in [1.165, 1.54) is 0 Å². The van der Waals surface area contributed by atoms with Crippen molar-refractivity contribution in [1.82, 2.24) is 14.6 Å². The van der Waals surface area contributed by atoms with E-state index < -0.39 is 34.5 Å². The monoisotopic (exact) mass is 509 g/mol. The molecule has 11 nitrogen and oxygen atoms in total. The van der Waals surface area contributed by atoms with Crippen LogP contribution in [0.2, 0.25) is 0 Å². The molecule has 1 aliphatic carbocycles. The van der Waals surface area contributed by atoms with Crippen LogP contribution in [-0.2, 0) is 14.5 Å². The summed E-state index contributed by atoms with van der Waals surface area (Å²) in [7, 11) is -4.15. The summed E-state index contributed by atoms with van der Waals surface area (Å²) < 4.78 is 34.6. The number of rotatable bonds is 6. The van der Waals surface area contributed by atoms with Gasteiger partial charge in [-0.05, 0) is 24.6 Å². The van der Waals surface area contributed by atoms with Crippen molar-refractivity contribution in [2.75, 3.05) is 11.9 Å². The molecule has 0 spiro atoms. The number of nitrogens with one attached hydrogen (secondary N) is 1. The zero-order valence-electron chi connectivity index (χ0n) is 18.9. The van der Waals surface area contributed by atoms with Gasteiger partial charge < -0.3 is 19.9 Å². The minimum absolute atomic E-state index is 0.258. The van der Waals surface area contributed by atoms with Crippen LogP contribution < -0.4 is 10.5 Å². The van der Waals surface area contributed by atoms with Crippen molar-refractivity contribution < 1.29 is 27.2 Å². The fourth-order valence-corrected chi connectivity index (χ4v) is 5.25. The maximum absolute atomic E-state index is 11.1. The van der Waals surface area contributed by atoms with E-state index in [1.54, 1.807) is 16.8 Å². The molecule has 5 aromatic rings. The van der Waals surface area contributed by atoms with Crippen molar-refractivity contribution in [3.8, 4) is 11.3 Å². The van der Waals surface area contributed by atoms with E-state index in [9.17, 15) is 18.6 Å².